The monoisotopic (exact) mass is 236 g/mol. The van der Waals surface area contributed by atoms with E-state index in [2.05, 4.69) is 4.98 Å². The molecule has 1 aromatic rings. The number of aliphatic hydroxyl groups is 2. The van der Waals surface area contributed by atoms with Crippen LogP contribution < -0.4 is 5.14 Å². The lowest BCUT2D eigenvalue weighted by Crippen LogP contribution is -2.14. The number of thiazole rings is 1. The van der Waals surface area contributed by atoms with Gasteiger partial charge in [0.15, 0.2) is 0 Å². The second-order valence-electron chi connectivity index (χ2n) is 3.27. The molecule has 0 bridgehead atoms. The number of rotatable bonds is 3. The first-order chi connectivity index (χ1) is 6.36. The molecule has 7 heteroatoms. The molecule has 0 aromatic carbocycles. The van der Waals surface area contributed by atoms with Crippen molar-refractivity contribution in [1.82, 2.24) is 4.98 Å². The van der Waals surface area contributed by atoms with E-state index in [1.807, 2.05) is 0 Å². The van der Waals surface area contributed by atoms with E-state index in [0.717, 1.165) is 11.3 Å². The summed E-state index contributed by atoms with van der Waals surface area (Å²) >= 11 is -0.617. The molecular weight excluding hydrogens is 224 g/mol. The molecule has 1 aromatic heterocycles. The summed E-state index contributed by atoms with van der Waals surface area (Å²) in [7, 11) is 0. The van der Waals surface area contributed by atoms with Crippen LogP contribution in [-0.4, -0.2) is 19.7 Å². The highest BCUT2D eigenvalue weighted by atomic mass is 32.2. The quantitative estimate of drug-likeness (QED) is 0.633. The number of hydrogen-bond donors (Lipinski definition) is 3. The van der Waals surface area contributed by atoms with Crippen LogP contribution in [0.1, 0.15) is 24.5 Å². The normalized spacial score (nSPS) is 14.4. The predicted octanol–water partition coefficient (Wildman–Crippen LogP) is -0.156. The van der Waals surface area contributed by atoms with Gasteiger partial charge in [-0.3, -0.25) is 0 Å². The van der Waals surface area contributed by atoms with Crippen LogP contribution in [0.15, 0.2) is 4.21 Å². The summed E-state index contributed by atoms with van der Waals surface area (Å²) in [5.74, 6) is 0. The molecule has 0 amide bonds. The number of aromatic nitrogens is 1. The fraction of sp³-hybridized carbons (Fsp3) is 0.571. The van der Waals surface area contributed by atoms with E-state index in [1.165, 1.54) is 0 Å². The molecular formula is C7H12N2O3S2. The highest BCUT2D eigenvalue weighted by Crippen LogP contribution is 2.30. The number of aliphatic hydroxyl groups excluding tert-OH is 1. The van der Waals surface area contributed by atoms with Gasteiger partial charge in [-0.05, 0) is 13.8 Å². The van der Waals surface area contributed by atoms with Crippen LogP contribution >= 0.6 is 11.3 Å². The molecule has 0 saturated carbocycles. The van der Waals surface area contributed by atoms with Gasteiger partial charge in [-0.1, -0.05) is 11.3 Å². The number of nitrogens with zero attached hydrogens (tertiary/aromatic N) is 1. The van der Waals surface area contributed by atoms with Crippen molar-refractivity contribution in [1.29, 1.82) is 0 Å². The molecule has 14 heavy (non-hydrogen) atoms. The Bertz CT molecular complexity index is 319. The Hall–Kier alpha value is -0.180. The number of hydrogen-bond acceptors (Lipinski definition) is 6. The number of nitrogens with two attached hydrogens (primary N) is 1. The molecule has 1 rings (SSSR count). The van der Waals surface area contributed by atoms with Crippen LogP contribution in [0.2, 0.25) is 0 Å². The molecule has 0 saturated heterocycles. The molecule has 1 unspecified atom stereocenters. The Kier molecular flexibility index (Phi) is 3.51. The minimum atomic E-state index is -1.67. The standard InChI is InChI=1S/C7H12N2O3S2/c1-7(2,11)6-9-4(3-10)5(13-6)14(8)12/h10-11H,3,8H2,1-2H3. The van der Waals surface area contributed by atoms with Crippen molar-refractivity contribution in [2.75, 3.05) is 0 Å². The zero-order valence-electron chi connectivity index (χ0n) is 7.85. The summed E-state index contributed by atoms with van der Waals surface area (Å²) in [4.78, 5) is 3.97. The summed E-state index contributed by atoms with van der Waals surface area (Å²) in [6.07, 6.45) is 0. The lowest BCUT2D eigenvalue weighted by molar-refractivity contribution is 0.0779. The van der Waals surface area contributed by atoms with E-state index < -0.39 is 17.0 Å². The molecule has 5 nitrogen and oxygen atoms in total. The topological polar surface area (TPSA) is 102 Å². The maximum Gasteiger partial charge on any atom is 0.253 e. The average molecular weight is 236 g/mol. The Morgan fingerprint density at radius 3 is 2.50 bits per heavy atom. The van der Waals surface area contributed by atoms with Gasteiger partial charge in [-0.25, -0.2) is 4.98 Å². The van der Waals surface area contributed by atoms with Crippen molar-refractivity contribution in [3.8, 4) is 0 Å². The smallest absolute Gasteiger partial charge is 0.253 e. The molecule has 0 aliphatic heterocycles. The van der Waals surface area contributed by atoms with E-state index in [4.69, 9.17) is 10.2 Å². The first-order valence-corrected chi connectivity index (χ1v) is 5.88. The Balaban J connectivity index is 3.13. The van der Waals surface area contributed by atoms with Crippen molar-refractivity contribution in [2.45, 2.75) is 30.3 Å². The predicted molar refractivity (Wildman–Crippen MR) is 53.9 cm³/mol. The summed E-state index contributed by atoms with van der Waals surface area (Å²) < 4.78 is 11.3. The van der Waals surface area contributed by atoms with Crippen LogP contribution in [0.3, 0.4) is 0 Å². The van der Waals surface area contributed by atoms with Crippen molar-refractivity contribution in [2.24, 2.45) is 5.14 Å². The van der Waals surface area contributed by atoms with Crippen LogP contribution in [0, 0.1) is 0 Å². The molecule has 1 heterocycles. The van der Waals surface area contributed by atoms with Crippen molar-refractivity contribution >= 4 is 22.7 Å². The summed E-state index contributed by atoms with van der Waals surface area (Å²) in [6, 6.07) is 0. The molecule has 0 aliphatic carbocycles. The van der Waals surface area contributed by atoms with Gasteiger partial charge < -0.3 is 14.8 Å². The molecule has 80 valence electrons. The minimum Gasteiger partial charge on any atom is -0.592 e. The van der Waals surface area contributed by atoms with Gasteiger partial charge in [-0.15, -0.1) is 5.14 Å². The third-order valence-corrected chi connectivity index (χ3v) is 4.07. The fourth-order valence-electron chi connectivity index (χ4n) is 0.857. The van der Waals surface area contributed by atoms with Gasteiger partial charge in [-0.2, -0.15) is 0 Å². The van der Waals surface area contributed by atoms with Crippen LogP contribution in [0.5, 0.6) is 0 Å². The van der Waals surface area contributed by atoms with E-state index in [1.54, 1.807) is 13.8 Å². The molecule has 0 spiro atoms. The lowest BCUT2D eigenvalue weighted by atomic mass is 10.2. The highest BCUT2D eigenvalue weighted by molar-refractivity contribution is 7.91. The summed E-state index contributed by atoms with van der Waals surface area (Å²) in [5.41, 5.74) is -0.834. The van der Waals surface area contributed by atoms with Crippen molar-refractivity contribution in [3.63, 3.8) is 0 Å². The van der Waals surface area contributed by atoms with Gasteiger partial charge in [0.25, 0.3) is 4.21 Å². The van der Waals surface area contributed by atoms with Gasteiger partial charge in [0, 0.05) is 0 Å². The second kappa shape index (κ2) is 4.13. The Labute approximate surface area is 88.9 Å². The van der Waals surface area contributed by atoms with E-state index in [-0.39, 0.29) is 12.3 Å². The maximum absolute atomic E-state index is 11.0. The second-order valence-corrected chi connectivity index (χ2v) is 5.53. The van der Waals surface area contributed by atoms with Crippen LogP contribution in [0.4, 0.5) is 0 Å². The first-order valence-electron chi connectivity index (χ1n) is 3.86. The lowest BCUT2D eigenvalue weighted by Gasteiger charge is -2.11. The molecule has 4 N–H and O–H groups in total. The zero-order valence-corrected chi connectivity index (χ0v) is 9.48. The first kappa shape index (κ1) is 11.9. The third kappa shape index (κ3) is 2.44. The molecule has 0 radical (unpaired) electrons. The van der Waals surface area contributed by atoms with Gasteiger partial charge >= 0.3 is 0 Å². The third-order valence-electron chi connectivity index (χ3n) is 1.52. The molecule has 1 atom stereocenters. The maximum atomic E-state index is 11.0. The highest BCUT2D eigenvalue weighted by Gasteiger charge is 2.27. The largest absolute Gasteiger partial charge is 0.592 e. The minimum absolute atomic E-state index is 0.271. The van der Waals surface area contributed by atoms with Gasteiger partial charge in [0.05, 0.1) is 18.0 Å². The van der Waals surface area contributed by atoms with Gasteiger partial charge in [0.2, 0.25) is 0 Å². The van der Waals surface area contributed by atoms with E-state index in [9.17, 15) is 9.66 Å². The fourth-order valence-corrected chi connectivity index (χ4v) is 2.57. The van der Waals surface area contributed by atoms with Crippen LogP contribution in [0.25, 0.3) is 0 Å². The molecule has 0 fully saturated rings. The van der Waals surface area contributed by atoms with E-state index >= 15 is 0 Å². The summed E-state index contributed by atoms with van der Waals surface area (Å²) in [6.45, 7) is 2.80. The van der Waals surface area contributed by atoms with Crippen LogP contribution in [-0.2, 0) is 23.6 Å². The summed E-state index contributed by atoms with van der Waals surface area (Å²) in [5, 5.41) is 24.1. The molecule has 0 aliphatic rings. The van der Waals surface area contributed by atoms with Crippen molar-refractivity contribution in [3.05, 3.63) is 10.7 Å². The van der Waals surface area contributed by atoms with Gasteiger partial charge in [0.1, 0.15) is 16.3 Å². The Morgan fingerprint density at radius 1 is 1.64 bits per heavy atom. The zero-order chi connectivity index (χ0) is 10.9. The Morgan fingerprint density at radius 2 is 2.21 bits per heavy atom. The van der Waals surface area contributed by atoms with E-state index in [0.29, 0.717) is 9.22 Å². The SMILES string of the molecule is CC(C)(O)c1nc(CO)c([S+](N)[O-])s1. The van der Waals surface area contributed by atoms with Crippen molar-refractivity contribution < 1.29 is 14.8 Å². The average Bonchev–Trinajstić information content (AvgIpc) is 2.45.